The molecule has 0 aromatic heterocycles. The third-order valence-electron chi connectivity index (χ3n) is 5.53. The molecule has 3 aromatic carbocycles. The van der Waals surface area contributed by atoms with Crippen LogP contribution in [0.15, 0.2) is 72.4 Å². The van der Waals surface area contributed by atoms with Crippen molar-refractivity contribution >= 4 is 28.8 Å². The number of carbonyl (C=O) groups excluding carboxylic acids is 2. The molecule has 0 unspecified atom stereocenters. The van der Waals surface area contributed by atoms with E-state index in [-0.39, 0.29) is 11.8 Å². The fourth-order valence-corrected chi connectivity index (χ4v) is 3.66. The second-order valence-electron chi connectivity index (χ2n) is 7.78. The Labute approximate surface area is 176 Å². The zero-order valence-electron chi connectivity index (χ0n) is 17.6. The lowest BCUT2D eigenvalue weighted by atomic mass is 10.0. The van der Waals surface area contributed by atoms with Gasteiger partial charge in [0, 0.05) is 5.69 Å². The molecular weight excluding hydrogens is 372 g/mol. The van der Waals surface area contributed by atoms with Gasteiger partial charge in [-0.05, 0) is 73.7 Å². The van der Waals surface area contributed by atoms with Crippen molar-refractivity contribution in [3.8, 4) is 0 Å². The van der Waals surface area contributed by atoms with Crippen molar-refractivity contribution < 1.29 is 9.59 Å². The lowest BCUT2D eigenvalue weighted by Gasteiger charge is -2.18. The van der Waals surface area contributed by atoms with Gasteiger partial charge in [-0.15, -0.1) is 0 Å². The molecule has 2 amide bonds. The number of nitrogens with zero attached hydrogens (tertiary/aromatic N) is 1. The Morgan fingerprint density at radius 3 is 2.10 bits per heavy atom. The van der Waals surface area contributed by atoms with Gasteiger partial charge in [-0.3, -0.25) is 9.59 Å². The molecule has 0 atom stereocenters. The highest BCUT2D eigenvalue weighted by atomic mass is 16.2. The largest absolute Gasteiger partial charge is 0.350 e. The molecule has 0 fully saturated rings. The first-order valence-electron chi connectivity index (χ1n) is 9.97. The molecule has 0 bridgehead atoms. The monoisotopic (exact) mass is 396 g/mol. The summed E-state index contributed by atoms with van der Waals surface area (Å²) in [7, 11) is 0. The normalized spacial score (nSPS) is 13.9. The molecule has 1 N–H and O–H groups in total. The third-order valence-corrected chi connectivity index (χ3v) is 5.53. The lowest BCUT2D eigenvalue weighted by molar-refractivity contribution is -0.120. The van der Waals surface area contributed by atoms with E-state index >= 15 is 0 Å². The van der Waals surface area contributed by atoms with Crippen LogP contribution in [0.2, 0.25) is 0 Å². The Balaban J connectivity index is 1.84. The number of imide groups is 1. The first-order chi connectivity index (χ1) is 14.4. The zero-order valence-corrected chi connectivity index (χ0v) is 17.6. The van der Waals surface area contributed by atoms with Crippen molar-refractivity contribution in [2.45, 2.75) is 27.7 Å². The van der Waals surface area contributed by atoms with E-state index in [2.05, 4.69) is 5.32 Å². The van der Waals surface area contributed by atoms with E-state index in [1.165, 1.54) is 10.5 Å². The molecule has 1 aliphatic rings. The first-order valence-corrected chi connectivity index (χ1v) is 9.97. The summed E-state index contributed by atoms with van der Waals surface area (Å²) in [5, 5.41) is 3.24. The maximum absolute atomic E-state index is 13.5. The number of aryl methyl sites for hydroxylation is 4. The van der Waals surface area contributed by atoms with Gasteiger partial charge in [-0.2, -0.15) is 0 Å². The van der Waals surface area contributed by atoms with Crippen LogP contribution in [-0.2, 0) is 9.59 Å². The van der Waals surface area contributed by atoms with Gasteiger partial charge in [0.05, 0.1) is 11.3 Å². The number of rotatable bonds is 4. The van der Waals surface area contributed by atoms with E-state index in [1.807, 2.05) is 94.4 Å². The Morgan fingerprint density at radius 2 is 1.40 bits per heavy atom. The van der Waals surface area contributed by atoms with Crippen LogP contribution < -0.4 is 10.2 Å². The summed E-state index contributed by atoms with van der Waals surface area (Å²) in [5.74, 6) is -0.656. The number of hydrogen-bond donors (Lipinski definition) is 1. The Morgan fingerprint density at radius 1 is 0.700 bits per heavy atom. The first kappa shape index (κ1) is 19.6. The molecule has 4 rings (SSSR count). The number of nitrogens with one attached hydrogen (secondary N) is 1. The molecule has 4 nitrogen and oxygen atoms in total. The molecule has 1 aliphatic heterocycles. The van der Waals surface area contributed by atoms with Gasteiger partial charge >= 0.3 is 0 Å². The minimum Gasteiger partial charge on any atom is -0.350 e. The van der Waals surface area contributed by atoms with Crippen molar-refractivity contribution in [3.05, 3.63) is 100 Å². The van der Waals surface area contributed by atoms with Crippen LogP contribution in [0.1, 0.15) is 27.8 Å². The van der Waals surface area contributed by atoms with Gasteiger partial charge in [0.1, 0.15) is 5.70 Å². The van der Waals surface area contributed by atoms with Gasteiger partial charge in [0.2, 0.25) is 0 Å². The van der Waals surface area contributed by atoms with Crippen LogP contribution in [-0.4, -0.2) is 11.8 Å². The molecular formula is C26H24N2O2. The molecule has 0 saturated heterocycles. The molecule has 4 heteroatoms. The third kappa shape index (κ3) is 3.41. The summed E-state index contributed by atoms with van der Waals surface area (Å²) in [4.78, 5) is 28.3. The average molecular weight is 396 g/mol. The van der Waals surface area contributed by atoms with Gasteiger partial charge in [-0.1, -0.05) is 48.5 Å². The van der Waals surface area contributed by atoms with Crippen molar-refractivity contribution in [1.29, 1.82) is 0 Å². The van der Waals surface area contributed by atoms with E-state index in [0.717, 1.165) is 27.9 Å². The predicted octanol–water partition coefficient (Wildman–Crippen LogP) is 5.32. The van der Waals surface area contributed by atoms with Crippen LogP contribution in [0.5, 0.6) is 0 Å². The zero-order chi connectivity index (χ0) is 21.4. The Bertz CT molecular complexity index is 1190. The minimum atomic E-state index is -0.342. The maximum atomic E-state index is 13.5. The van der Waals surface area contributed by atoms with Gasteiger partial charge in [-0.25, -0.2) is 4.90 Å². The number of carbonyl (C=O) groups is 2. The van der Waals surface area contributed by atoms with Crippen LogP contribution in [0, 0.1) is 27.7 Å². The average Bonchev–Trinajstić information content (AvgIpc) is 2.97. The minimum absolute atomic E-state index is 0.301. The molecule has 0 radical (unpaired) electrons. The fraction of sp³-hybridized carbons (Fsp3) is 0.154. The highest BCUT2D eigenvalue weighted by molar-refractivity contribution is 6.46. The van der Waals surface area contributed by atoms with Crippen LogP contribution in [0.25, 0.3) is 5.57 Å². The topological polar surface area (TPSA) is 49.4 Å². The number of benzene rings is 3. The van der Waals surface area contributed by atoms with E-state index in [4.69, 9.17) is 0 Å². The predicted molar refractivity (Wildman–Crippen MR) is 121 cm³/mol. The molecule has 30 heavy (non-hydrogen) atoms. The molecule has 0 saturated carbocycles. The number of hydrogen-bond acceptors (Lipinski definition) is 3. The molecule has 150 valence electrons. The molecule has 1 heterocycles. The fourth-order valence-electron chi connectivity index (χ4n) is 3.66. The highest BCUT2D eigenvalue weighted by Gasteiger charge is 2.40. The van der Waals surface area contributed by atoms with E-state index in [0.29, 0.717) is 17.0 Å². The smallest absolute Gasteiger partial charge is 0.282 e. The van der Waals surface area contributed by atoms with Gasteiger partial charge in [0.25, 0.3) is 11.8 Å². The van der Waals surface area contributed by atoms with Crippen molar-refractivity contribution in [2.75, 3.05) is 10.2 Å². The summed E-state index contributed by atoms with van der Waals surface area (Å²) in [6.07, 6.45) is 0. The van der Waals surface area contributed by atoms with E-state index < -0.39 is 0 Å². The van der Waals surface area contributed by atoms with Crippen LogP contribution in [0.3, 0.4) is 0 Å². The molecule has 0 spiro atoms. The van der Waals surface area contributed by atoms with Gasteiger partial charge < -0.3 is 5.32 Å². The second kappa shape index (κ2) is 7.64. The molecule has 3 aromatic rings. The summed E-state index contributed by atoms with van der Waals surface area (Å²) >= 11 is 0. The standard InChI is InChI=1S/C26H24N2O2/c1-16-10-11-18(3)22(14-16)28-25(29)23(20-8-6-5-7-9-20)24(26(28)30)27-21-13-12-17(2)19(4)15-21/h5-15,27H,1-4H3. The SMILES string of the molecule is Cc1ccc(C)c(N2C(=O)C(Nc3ccc(C)c(C)c3)=C(c3ccccc3)C2=O)c1. The van der Waals surface area contributed by atoms with Crippen molar-refractivity contribution in [2.24, 2.45) is 0 Å². The Kier molecular flexibility index (Phi) is 5.00. The highest BCUT2D eigenvalue weighted by Crippen LogP contribution is 2.35. The Hall–Kier alpha value is -3.66. The second-order valence-corrected chi connectivity index (χ2v) is 7.78. The van der Waals surface area contributed by atoms with Gasteiger partial charge in [0.15, 0.2) is 0 Å². The van der Waals surface area contributed by atoms with Crippen LogP contribution in [0.4, 0.5) is 11.4 Å². The molecule has 0 aliphatic carbocycles. The van der Waals surface area contributed by atoms with E-state index in [9.17, 15) is 9.59 Å². The van der Waals surface area contributed by atoms with Crippen molar-refractivity contribution in [1.82, 2.24) is 0 Å². The summed E-state index contributed by atoms with van der Waals surface area (Å²) in [6, 6.07) is 21.1. The lowest BCUT2D eigenvalue weighted by Crippen LogP contribution is -2.33. The number of anilines is 2. The maximum Gasteiger partial charge on any atom is 0.282 e. The van der Waals surface area contributed by atoms with Crippen LogP contribution >= 0.6 is 0 Å². The summed E-state index contributed by atoms with van der Waals surface area (Å²) in [5.41, 5.74) is 6.97. The quantitative estimate of drug-likeness (QED) is 0.608. The summed E-state index contributed by atoms with van der Waals surface area (Å²) in [6.45, 7) is 7.93. The number of amides is 2. The summed E-state index contributed by atoms with van der Waals surface area (Å²) < 4.78 is 0. The van der Waals surface area contributed by atoms with E-state index in [1.54, 1.807) is 0 Å². The van der Waals surface area contributed by atoms with Crippen molar-refractivity contribution in [3.63, 3.8) is 0 Å².